The molecule has 1 aliphatic carbocycles. The van der Waals surface area contributed by atoms with Crippen LogP contribution in [0.5, 0.6) is 5.75 Å². The topological polar surface area (TPSA) is 121 Å². The van der Waals surface area contributed by atoms with Crippen molar-refractivity contribution in [2.24, 2.45) is 10.2 Å². The molecule has 1 unspecified atom stereocenters. The van der Waals surface area contributed by atoms with Crippen LogP contribution < -0.4 is 20.9 Å². The second-order valence-corrected chi connectivity index (χ2v) is 7.61. The molecule has 1 atom stereocenters. The highest BCUT2D eigenvalue weighted by molar-refractivity contribution is 6.22. The summed E-state index contributed by atoms with van der Waals surface area (Å²) in [5.74, 6) is -0.0203. The van der Waals surface area contributed by atoms with Crippen molar-refractivity contribution < 1.29 is 19.1 Å². The zero-order valence-corrected chi connectivity index (χ0v) is 18.0. The van der Waals surface area contributed by atoms with Crippen LogP contribution >= 0.6 is 0 Å². The van der Waals surface area contributed by atoms with Crippen LogP contribution in [0.15, 0.2) is 88.6 Å². The number of amides is 3. The lowest BCUT2D eigenvalue weighted by Gasteiger charge is -2.12. The van der Waals surface area contributed by atoms with Crippen LogP contribution in [0.4, 0.5) is 10.5 Å². The zero-order chi connectivity index (χ0) is 23.7. The van der Waals surface area contributed by atoms with E-state index < -0.39 is 18.0 Å². The lowest BCUT2D eigenvalue weighted by molar-refractivity contribution is 0.0937. The van der Waals surface area contributed by atoms with E-state index in [2.05, 4.69) is 26.4 Å². The highest BCUT2D eigenvalue weighted by Crippen LogP contribution is 2.48. The Bertz CT molecular complexity index is 1360. The van der Waals surface area contributed by atoms with Crippen LogP contribution in [0.25, 0.3) is 5.70 Å². The summed E-state index contributed by atoms with van der Waals surface area (Å²) in [6.45, 7) is 0. The number of carbonyl (C=O) groups excluding carboxylic acids is 3. The Morgan fingerprint density at radius 1 is 0.912 bits per heavy atom. The zero-order valence-electron chi connectivity index (χ0n) is 18.0. The van der Waals surface area contributed by atoms with Gasteiger partial charge in [-0.3, -0.25) is 15.0 Å². The van der Waals surface area contributed by atoms with Crippen molar-refractivity contribution in [2.45, 2.75) is 6.04 Å². The summed E-state index contributed by atoms with van der Waals surface area (Å²) in [4.78, 5) is 38.0. The molecule has 2 aliphatic rings. The van der Waals surface area contributed by atoms with Gasteiger partial charge in [0.05, 0.1) is 23.9 Å². The van der Waals surface area contributed by atoms with Crippen LogP contribution in [-0.2, 0) is 0 Å². The number of methoxy groups -OCH3 is 1. The number of Topliss-reactive ketones (excluding diaryl/α,β-unsaturated/α-hetero) is 1. The van der Waals surface area contributed by atoms with Crippen molar-refractivity contribution in [1.82, 2.24) is 10.9 Å². The average Bonchev–Trinajstić information content (AvgIpc) is 3.43. The summed E-state index contributed by atoms with van der Waals surface area (Å²) in [5, 5.41) is 11.2. The number of rotatable bonds is 4. The minimum atomic E-state index is -0.687. The van der Waals surface area contributed by atoms with Crippen molar-refractivity contribution in [3.63, 3.8) is 0 Å². The van der Waals surface area contributed by atoms with Crippen LogP contribution in [-0.4, -0.2) is 24.8 Å². The monoisotopic (exact) mass is 453 g/mol. The van der Waals surface area contributed by atoms with Crippen molar-refractivity contribution in [2.75, 3.05) is 12.4 Å². The van der Waals surface area contributed by atoms with Crippen LogP contribution in [0.3, 0.4) is 0 Å². The molecule has 5 rings (SSSR count). The SMILES string of the molecule is COc1ccc(C2=C3C(=O)c4c(NC(=O)NNC(=O)c5ccccc5)cccc4C3N=N2)cc1. The first-order chi connectivity index (χ1) is 16.6. The first-order valence-corrected chi connectivity index (χ1v) is 10.5. The fourth-order valence-electron chi connectivity index (χ4n) is 3.99. The van der Waals surface area contributed by atoms with Crippen molar-refractivity contribution >= 4 is 29.1 Å². The summed E-state index contributed by atoms with van der Waals surface area (Å²) in [6, 6.07) is 19.6. The Hall–Kier alpha value is -4.79. The Kier molecular flexibility index (Phi) is 5.35. The Labute approximate surface area is 194 Å². The van der Waals surface area contributed by atoms with Gasteiger partial charge in [0.25, 0.3) is 5.91 Å². The fourth-order valence-corrected chi connectivity index (χ4v) is 3.99. The molecular formula is C25H19N5O4. The van der Waals surface area contributed by atoms with E-state index >= 15 is 0 Å². The Balaban J connectivity index is 1.36. The second-order valence-electron chi connectivity index (χ2n) is 7.61. The Morgan fingerprint density at radius 2 is 1.68 bits per heavy atom. The maximum absolute atomic E-state index is 13.4. The van der Waals surface area contributed by atoms with E-state index in [0.717, 1.165) is 5.56 Å². The number of anilines is 1. The average molecular weight is 453 g/mol. The smallest absolute Gasteiger partial charge is 0.337 e. The van der Waals surface area contributed by atoms with Crippen LogP contribution in [0, 0.1) is 0 Å². The summed E-state index contributed by atoms with van der Waals surface area (Å²) < 4.78 is 5.19. The number of hydrazine groups is 1. The highest BCUT2D eigenvalue weighted by Gasteiger charge is 2.42. The maximum atomic E-state index is 13.4. The maximum Gasteiger partial charge on any atom is 0.337 e. The molecule has 3 N–H and O–H groups in total. The van der Waals surface area contributed by atoms with Crippen LogP contribution in [0.1, 0.15) is 37.9 Å². The molecule has 3 aromatic carbocycles. The molecule has 3 aromatic rings. The molecule has 1 heterocycles. The molecule has 0 aromatic heterocycles. The number of hydrogen-bond acceptors (Lipinski definition) is 6. The second kappa shape index (κ2) is 8.62. The number of ether oxygens (including phenoxy) is 1. The van der Waals surface area contributed by atoms with Crippen molar-refractivity contribution in [3.8, 4) is 5.75 Å². The van der Waals surface area contributed by atoms with Gasteiger partial charge >= 0.3 is 6.03 Å². The van der Waals surface area contributed by atoms with E-state index in [0.29, 0.717) is 39.4 Å². The van der Waals surface area contributed by atoms with Gasteiger partial charge in [0.15, 0.2) is 5.78 Å². The molecule has 168 valence electrons. The molecule has 0 spiro atoms. The van der Waals surface area contributed by atoms with Gasteiger partial charge in [-0.05, 0) is 48.0 Å². The number of fused-ring (bicyclic) bond motifs is 3. The van der Waals surface area contributed by atoms with Crippen molar-refractivity contribution in [3.05, 3.63) is 101 Å². The molecule has 9 nitrogen and oxygen atoms in total. The molecule has 0 fully saturated rings. The molecule has 0 saturated carbocycles. The largest absolute Gasteiger partial charge is 0.497 e. The number of hydrogen-bond donors (Lipinski definition) is 3. The van der Waals surface area contributed by atoms with E-state index in [-0.39, 0.29) is 5.78 Å². The first kappa shape index (κ1) is 21.1. The summed E-state index contributed by atoms with van der Waals surface area (Å²) in [6.07, 6.45) is 0. The summed E-state index contributed by atoms with van der Waals surface area (Å²) in [7, 11) is 1.58. The quantitative estimate of drug-likeness (QED) is 0.511. The van der Waals surface area contributed by atoms with Gasteiger partial charge in [-0.25, -0.2) is 10.2 Å². The Morgan fingerprint density at radius 3 is 2.41 bits per heavy atom. The van der Waals surface area contributed by atoms with Crippen LogP contribution in [0.2, 0.25) is 0 Å². The molecule has 9 heteroatoms. The third kappa shape index (κ3) is 3.69. The number of carbonyl (C=O) groups is 3. The minimum Gasteiger partial charge on any atom is -0.497 e. The van der Waals surface area contributed by atoms with Gasteiger partial charge in [0.1, 0.15) is 17.5 Å². The standard InChI is InChI=1S/C25H19N5O4/c1-34-16-12-10-14(11-13-16)21-20-22(28-27-21)17-8-5-9-18(19(17)23(20)31)26-25(33)30-29-24(32)15-6-3-2-4-7-15/h2-13,22H,1H3,(H,29,32)(H2,26,30,33). The van der Waals surface area contributed by atoms with E-state index in [1.165, 1.54) is 0 Å². The van der Waals surface area contributed by atoms with Crippen molar-refractivity contribution in [1.29, 1.82) is 0 Å². The third-order valence-corrected chi connectivity index (χ3v) is 5.60. The molecule has 0 radical (unpaired) electrons. The number of azo groups is 1. The number of benzene rings is 3. The number of ketones is 1. The van der Waals surface area contributed by atoms with Gasteiger partial charge in [-0.15, -0.1) is 0 Å². The molecule has 3 amide bonds. The van der Waals surface area contributed by atoms with E-state index in [4.69, 9.17) is 4.74 Å². The van der Waals surface area contributed by atoms with Gasteiger partial charge in [0.2, 0.25) is 0 Å². The van der Waals surface area contributed by atoms with Gasteiger partial charge in [-0.2, -0.15) is 10.2 Å². The van der Waals surface area contributed by atoms with E-state index in [1.54, 1.807) is 67.8 Å². The minimum absolute atomic E-state index is 0.250. The van der Waals surface area contributed by atoms with Gasteiger partial charge in [-0.1, -0.05) is 30.3 Å². The number of urea groups is 1. The molecule has 34 heavy (non-hydrogen) atoms. The summed E-state index contributed by atoms with van der Waals surface area (Å²) >= 11 is 0. The predicted molar refractivity (Wildman–Crippen MR) is 124 cm³/mol. The number of nitrogens with one attached hydrogen (secondary N) is 3. The lowest BCUT2D eigenvalue weighted by atomic mass is 10.0. The lowest BCUT2D eigenvalue weighted by Crippen LogP contribution is -2.44. The third-order valence-electron chi connectivity index (χ3n) is 5.60. The molecule has 0 bridgehead atoms. The van der Waals surface area contributed by atoms with E-state index in [9.17, 15) is 14.4 Å². The van der Waals surface area contributed by atoms with Gasteiger partial charge < -0.3 is 10.1 Å². The fraction of sp³-hybridized carbons (Fsp3) is 0.0800. The summed E-state index contributed by atoms with van der Waals surface area (Å²) in [5.41, 5.74) is 8.10. The van der Waals surface area contributed by atoms with Gasteiger partial charge in [0, 0.05) is 11.1 Å². The molecular weight excluding hydrogens is 434 g/mol. The predicted octanol–water partition coefficient (Wildman–Crippen LogP) is 4.28. The molecule has 1 aliphatic heterocycles. The highest BCUT2D eigenvalue weighted by atomic mass is 16.5. The van der Waals surface area contributed by atoms with E-state index in [1.807, 2.05) is 12.1 Å². The molecule has 0 saturated heterocycles. The first-order valence-electron chi connectivity index (χ1n) is 10.5. The number of nitrogens with zero attached hydrogens (tertiary/aromatic N) is 2. The normalized spacial score (nSPS) is 15.6.